The van der Waals surface area contributed by atoms with E-state index in [1.54, 1.807) is 0 Å². The first kappa shape index (κ1) is 14.4. The maximum absolute atomic E-state index is 3.60. The van der Waals surface area contributed by atoms with Crippen molar-refractivity contribution < 1.29 is 0 Å². The highest BCUT2D eigenvalue weighted by Crippen LogP contribution is 2.33. The molecule has 2 heteroatoms. The Balaban J connectivity index is 2.20. The summed E-state index contributed by atoms with van der Waals surface area (Å²) in [4.78, 5) is 0. The third kappa shape index (κ3) is 6.15. The molecule has 1 saturated carbocycles. The lowest BCUT2D eigenvalue weighted by Crippen LogP contribution is -2.39. The Morgan fingerprint density at radius 3 is 2.56 bits per heavy atom. The van der Waals surface area contributed by atoms with Crippen molar-refractivity contribution in [1.29, 1.82) is 0 Å². The predicted molar refractivity (Wildman–Crippen MR) is 76.2 cm³/mol. The summed E-state index contributed by atoms with van der Waals surface area (Å²) in [5.74, 6) is 0.953. The van der Waals surface area contributed by atoms with Gasteiger partial charge in [0, 0.05) is 22.6 Å². The molecule has 1 rings (SSSR count). The van der Waals surface area contributed by atoms with Crippen LogP contribution in [0.3, 0.4) is 0 Å². The van der Waals surface area contributed by atoms with Crippen LogP contribution in [-0.4, -0.2) is 22.6 Å². The summed E-state index contributed by atoms with van der Waals surface area (Å²) in [6.07, 6.45) is 5.77. The molecule has 0 radical (unpaired) electrons. The maximum atomic E-state index is 3.60. The molecule has 0 bridgehead atoms. The van der Waals surface area contributed by atoms with Gasteiger partial charge in [0.2, 0.25) is 0 Å². The molecule has 0 saturated heterocycles. The Labute approximate surface area is 106 Å². The normalized spacial score (nSPS) is 29.1. The van der Waals surface area contributed by atoms with Crippen molar-refractivity contribution in [3.05, 3.63) is 0 Å². The average Bonchev–Trinajstić information content (AvgIpc) is 2.14. The van der Waals surface area contributed by atoms with E-state index in [1.807, 2.05) is 0 Å². The molecule has 16 heavy (non-hydrogen) atoms. The third-order valence-electron chi connectivity index (χ3n) is 3.23. The van der Waals surface area contributed by atoms with Gasteiger partial charge in [-0.15, -0.1) is 0 Å². The second-order valence-corrected chi connectivity index (χ2v) is 8.21. The predicted octanol–water partition coefficient (Wildman–Crippen LogP) is 4.07. The van der Waals surface area contributed by atoms with Gasteiger partial charge in [-0.1, -0.05) is 26.7 Å². The van der Waals surface area contributed by atoms with E-state index in [4.69, 9.17) is 0 Å². The number of nitrogens with one attached hydrogen (secondary N) is 1. The molecule has 0 amide bonds. The van der Waals surface area contributed by atoms with Crippen LogP contribution < -0.4 is 5.32 Å². The standard InChI is InChI=1S/C14H29NS/c1-11-7-6-8-13(9-11)16-12(2)10-15-14(3,4)5/h11-13,15H,6-10H2,1-5H3. The second-order valence-electron chi connectivity index (χ2n) is 6.47. The summed E-state index contributed by atoms with van der Waals surface area (Å²) in [7, 11) is 0. The van der Waals surface area contributed by atoms with Crippen LogP contribution in [0.4, 0.5) is 0 Å². The van der Waals surface area contributed by atoms with E-state index in [2.05, 4.69) is 51.7 Å². The minimum Gasteiger partial charge on any atom is -0.311 e. The highest BCUT2D eigenvalue weighted by Gasteiger charge is 2.21. The quantitative estimate of drug-likeness (QED) is 0.798. The SMILES string of the molecule is CC1CCCC(SC(C)CNC(C)(C)C)C1. The van der Waals surface area contributed by atoms with Gasteiger partial charge < -0.3 is 5.32 Å². The smallest absolute Gasteiger partial charge is 0.0147 e. The summed E-state index contributed by atoms with van der Waals surface area (Å²) < 4.78 is 0. The molecule has 0 aromatic carbocycles. The molecule has 0 aromatic heterocycles. The van der Waals surface area contributed by atoms with Crippen LogP contribution in [0.15, 0.2) is 0 Å². The summed E-state index contributed by atoms with van der Waals surface area (Å²) in [5.41, 5.74) is 0.259. The molecule has 3 unspecified atom stereocenters. The maximum Gasteiger partial charge on any atom is 0.0147 e. The van der Waals surface area contributed by atoms with Gasteiger partial charge in [0.25, 0.3) is 0 Å². The average molecular weight is 243 g/mol. The minimum atomic E-state index is 0.259. The van der Waals surface area contributed by atoms with Crippen molar-refractivity contribution in [3.63, 3.8) is 0 Å². The zero-order valence-corrected chi connectivity index (χ0v) is 12.5. The fraction of sp³-hybridized carbons (Fsp3) is 1.00. The number of thioether (sulfide) groups is 1. The highest BCUT2D eigenvalue weighted by atomic mass is 32.2. The molecule has 1 nitrogen and oxygen atoms in total. The van der Waals surface area contributed by atoms with Gasteiger partial charge in [0.1, 0.15) is 0 Å². The molecule has 1 N–H and O–H groups in total. The molecule has 0 spiro atoms. The van der Waals surface area contributed by atoms with Gasteiger partial charge in [-0.2, -0.15) is 11.8 Å². The Morgan fingerprint density at radius 1 is 1.31 bits per heavy atom. The first-order chi connectivity index (χ1) is 7.37. The van der Waals surface area contributed by atoms with Crippen molar-refractivity contribution in [2.75, 3.05) is 6.54 Å². The lowest BCUT2D eigenvalue weighted by Gasteiger charge is -2.30. The van der Waals surface area contributed by atoms with Crippen molar-refractivity contribution in [3.8, 4) is 0 Å². The van der Waals surface area contributed by atoms with Crippen LogP contribution in [0.1, 0.15) is 60.3 Å². The van der Waals surface area contributed by atoms with E-state index >= 15 is 0 Å². The Hall–Kier alpha value is 0.310. The Bertz CT molecular complexity index is 197. The Kier molecular flexibility index (Phi) is 5.66. The molecule has 0 aliphatic heterocycles. The van der Waals surface area contributed by atoms with E-state index < -0.39 is 0 Å². The lowest BCUT2D eigenvalue weighted by molar-refractivity contribution is 0.392. The van der Waals surface area contributed by atoms with Crippen LogP contribution in [-0.2, 0) is 0 Å². The molecule has 96 valence electrons. The highest BCUT2D eigenvalue weighted by molar-refractivity contribution is 8.00. The number of rotatable bonds is 4. The van der Waals surface area contributed by atoms with Crippen molar-refractivity contribution in [1.82, 2.24) is 5.32 Å². The fourth-order valence-electron chi connectivity index (χ4n) is 2.33. The molecule has 0 heterocycles. The molecule has 1 fully saturated rings. The number of hydrogen-bond acceptors (Lipinski definition) is 2. The largest absolute Gasteiger partial charge is 0.311 e. The van der Waals surface area contributed by atoms with Gasteiger partial charge in [0.05, 0.1) is 0 Å². The van der Waals surface area contributed by atoms with Gasteiger partial charge >= 0.3 is 0 Å². The van der Waals surface area contributed by atoms with Gasteiger partial charge in [-0.05, 0) is 39.5 Å². The Morgan fingerprint density at radius 2 is 2.00 bits per heavy atom. The van der Waals surface area contributed by atoms with Crippen LogP contribution >= 0.6 is 11.8 Å². The van der Waals surface area contributed by atoms with Gasteiger partial charge in [-0.25, -0.2) is 0 Å². The van der Waals surface area contributed by atoms with Crippen LogP contribution in [0, 0.1) is 5.92 Å². The van der Waals surface area contributed by atoms with Crippen molar-refractivity contribution >= 4 is 11.8 Å². The van der Waals surface area contributed by atoms with E-state index in [-0.39, 0.29) is 5.54 Å². The van der Waals surface area contributed by atoms with E-state index in [0.717, 1.165) is 23.0 Å². The van der Waals surface area contributed by atoms with Crippen LogP contribution in [0.5, 0.6) is 0 Å². The monoisotopic (exact) mass is 243 g/mol. The van der Waals surface area contributed by atoms with E-state index in [9.17, 15) is 0 Å². The van der Waals surface area contributed by atoms with Crippen LogP contribution in [0.25, 0.3) is 0 Å². The molecule has 3 atom stereocenters. The summed E-state index contributed by atoms with van der Waals surface area (Å²) >= 11 is 2.20. The zero-order chi connectivity index (χ0) is 12.2. The fourth-order valence-corrected chi connectivity index (χ4v) is 3.91. The van der Waals surface area contributed by atoms with E-state index in [0.29, 0.717) is 0 Å². The van der Waals surface area contributed by atoms with Crippen molar-refractivity contribution in [2.24, 2.45) is 5.92 Å². The first-order valence-corrected chi connectivity index (χ1v) is 7.71. The molecular weight excluding hydrogens is 214 g/mol. The lowest BCUT2D eigenvalue weighted by atomic mass is 9.91. The summed E-state index contributed by atoms with van der Waals surface area (Å²) in [6, 6.07) is 0. The minimum absolute atomic E-state index is 0.259. The third-order valence-corrected chi connectivity index (χ3v) is 4.68. The van der Waals surface area contributed by atoms with Crippen molar-refractivity contribution in [2.45, 2.75) is 76.3 Å². The molecular formula is C14H29NS. The first-order valence-electron chi connectivity index (χ1n) is 6.77. The molecule has 1 aliphatic rings. The molecule has 0 aromatic rings. The van der Waals surface area contributed by atoms with E-state index in [1.165, 1.54) is 25.7 Å². The summed E-state index contributed by atoms with van der Waals surface area (Å²) in [5, 5.41) is 5.26. The number of hydrogen-bond donors (Lipinski definition) is 1. The topological polar surface area (TPSA) is 12.0 Å². The van der Waals surface area contributed by atoms with Gasteiger partial charge in [0.15, 0.2) is 0 Å². The van der Waals surface area contributed by atoms with Crippen LogP contribution in [0.2, 0.25) is 0 Å². The zero-order valence-electron chi connectivity index (χ0n) is 11.7. The molecule has 1 aliphatic carbocycles. The summed E-state index contributed by atoms with van der Waals surface area (Å²) in [6.45, 7) is 12.6. The van der Waals surface area contributed by atoms with Gasteiger partial charge in [-0.3, -0.25) is 0 Å². The second kappa shape index (κ2) is 6.30.